The predicted molar refractivity (Wildman–Crippen MR) is 86.6 cm³/mol. The molecular weight excluding hydrogens is 264 g/mol. The summed E-state index contributed by atoms with van der Waals surface area (Å²) in [7, 11) is 0. The van der Waals surface area contributed by atoms with Crippen LogP contribution in [0.2, 0.25) is 0 Å². The Hall–Kier alpha value is -1.36. The summed E-state index contributed by atoms with van der Waals surface area (Å²) in [6.07, 6.45) is 7.26. The molecule has 0 aliphatic heterocycles. The first-order chi connectivity index (χ1) is 10.1. The van der Waals surface area contributed by atoms with Crippen LogP contribution in [0.25, 0.3) is 0 Å². The van der Waals surface area contributed by atoms with Crippen LogP contribution in [-0.2, 0) is 0 Å². The van der Waals surface area contributed by atoms with Gasteiger partial charge >= 0.3 is 0 Å². The molecule has 0 bridgehead atoms. The van der Waals surface area contributed by atoms with Crippen LogP contribution in [0.4, 0.5) is 11.8 Å². The van der Waals surface area contributed by atoms with E-state index < -0.39 is 0 Å². The Morgan fingerprint density at radius 3 is 2.95 bits per heavy atom. The Balaban J connectivity index is 2.16. The Labute approximate surface area is 127 Å². The molecule has 1 heterocycles. The van der Waals surface area contributed by atoms with Gasteiger partial charge in [-0.1, -0.05) is 26.7 Å². The first kappa shape index (κ1) is 16.0. The highest BCUT2D eigenvalue weighted by Crippen LogP contribution is 2.35. The first-order valence-electron chi connectivity index (χ1n) is 8.05. The van der Waals surface area contributed by atoms with E-state index in [1.807, 2.05) is 13.1 Å². The van der Waals surface area contributed by atoms with Gasteiger partial charge in [0.05, 0.1) is 12.1 Å². The van der Waals surface area contributed by atoms with Crippen LogP contribution in [0.3, 0.4) is 0 Å². The number of aryl methyl sites for hydroxylation is 1. The molecule has 2 rings (SSSR count). The Kier molecular flexibility index (Phi) is 5.39. The summed E-state index contributed by atoms with van der Waals surface area (Å²) in [5, 5.41) is 16.6. The lowest BCUT2D eigenvalue weighted by Crippen LogP contribution is -2.46. The summed E-state index contributed by atoms with van der Waals surface area (Å²) in [5.41, 5.74) is 0.779. The van der Waals surface area contributed by atoms with E-state index >= 15 is 0 Å². The van der Waals surface area contributed by atoms with Crippen LogP contribution in [0, 0.1) is 12.8 Å². The van der Waals surface area contributed by atoms with Gasteiger partial charge in [0.1, 0.15) is 5.82 Å². The van der Waals surface area contributed by atoms with Crippen LogP contribution < -0.4 is 10.6 Å². The van der Waals surface area contributed by atoms with E-state index in [2.05, 4.69) is 34.4 Å². The molecule has 0 spiro atoms. The fourth-order valence-corrected chi connectivity index (χ4v) is 3.10. The van der Waals surface area contributed by atoms with Gasteiger partial charge < -0.3 is 15.7 Å². The molecule has 118 valence electrons. The minimum Gasteiger partial charge on any atom is -0.394 e. The summed E-state index contributed by atoms with van der Waals surface area (Å²) in [6, 6.07) is 0. The minimum atomic E-state index is -0.237. The van der Waals surface area contributed by atoms with Gasteiger partial charge in [-0.05, 0) is 32.1 Å². The van der Waals surface area contributed by atoms with E-state index in [9.17, 15) is 5.11 Å². The van der Waals surface area contributed by atoms with Gasteiger partial charge in [0.2, 0.25) is 5.95 Å². The Morgan fingerprint density at radius 2 is 2.29 bits per heavy atom. The van der Waals surface area contributed by atoms with Crippen molar-refractivity contribution in [3.8, 4) is 0 Å². The monoisotopic (exact) mass is 292 g/mol. The molecule has 5 nitrogen and oxygen atoms in total. The molecule has 1 aromatic heterocycles. The van der Waals surface area contributed by atoms with Gasteiger partial charge in [0.25, 0.3) is 0 Å². The average Bonchev–Trinajstić information content (AvgIpc) is 2.48. The molecule has 21 heavy (non-hydrogen) atoms. The van der Waals surface area contributed by atoms with Crippen molar-refractivity contribution in [2.45, 2.75) is 58.4 Å². The quantitative estimate of drug-likeness (QED) is 0.752. The zero-order valence-electron chi connectivity index (χ0n) is 13.4. The van der Waals surface area contributed by atoms with E-state index in [0.29, 0.717) is 11.9 Å². The maximum atomic E-state index is 9.90. The largest absolute Gasteiger partial charge is 0.394 e. The number of aromatic nitrogens is 2. The number of anilines is 2. The number of hydrogen-bond donors (Lipinski definition) is 3. The number of aliphatic hydroxyl groups is 1. The second-order valence-corrected chi connectivity index (χ2v) is 6.42. The van der Waals surface area contributed by atoms with Crippen LogP contribution in [-0.4, -0.2) is 33.8 Å². The standard InChI is InChI=1S/C16H28N4O/c1-4-8-17-15-18-10-13(3)14(19-15)20-16(11-21)7-5-6-12(2)9-16/h10,12,21H,4-9,11H2,1-3H3,(H2,17,18,19,20). The van der Waals surface area contributed by atoms with Gasteiger partial charge in [0.15, 0.2) is 0 Å². The SMILES string of the molecule is CCCNc1ncc(C)c(NC2(CO)CCCC(C)C2)n1. The van der Waals surface area contributed by atoms with E-state index in [-0.39, 0.29) is 12.1 Å². The molecule has 1 aromatic rings. The summed E-state index contributed by atoms with van der Waals surface area (Å²) in [5.74, 6) is 2.13. The van der Waals surface area contributed by atoms with E-state index in [1.54, 1.807) is 0 Å². The van der Waals surface area contributed by atoms with E-state index in [4.69, 9.17) is 0 Å². The van der Waals surface area contributed by atoms with E-state index in [0.717, 1.165) is 43.6 Å². The third-order valence-corrected chi connectivity index (χ3v) is 4.28. The van der Waals surface area contributed by atoms with Crippen LogP contribution in [0.5, 0.6) is 0 Å². The third kappa shape index (κ3) is 4.06. The lowest BCUT2D eigenvalue weighted by molar-refractivity contribution is 0.149. The van der Waals surface area contributed by atoms with Crippen molar-refractivity contribution in [2.24, 2.45) is 5.92 Å². The van der Waals surface area contributed by atoms with Gasteiger partial charge in [-0.3, -0.25) is 0 Å². The lowest BCUT2D eigenvalue weighted by atomic mass is 9.77. The number of hydrogen-bond acceptors (Lipinski definition) is 5. The molecule has 5 heteroatoms. The molecule has 1 fully saturated rings. The maximum Gasteiger partial charge on any atom is 0.224 e. The summed E-state index contributed by atoms with van der Waals surface area (Å²) >= 11 is 0. The van der Waals surface area contributed by atoms with Crippen molar-refractivity contribution in [1.29, 1.82) is 0 Å². The van der Waals surface area contributed by atoms with Crippen molar-refractivity contribution in [1.82, 2.24) is 9.97 Å². The number of nitrogens with one attached hydrogen (secondary N) is 2. The smallest absolute Gasteiger partial charge is 0.224 e. The first-order valence-corrected chi connectivity index (χ1v) is 8.05. The molecule has 2 unspecified atom stereocenters. The normalized spacial score (nSPS) is 25.6. The molecule has 0 aromatic carbocycles. The topological polar surface area (TPSA) is 70.1 Å². The van der Waals surface area contributed by atoms with Crippen molar-refractivity contribution < 1.29 is 5.11 Å². The third-order valence-electron chi connectivity index (χ3n) is 4.28. The van der Waals surface area contributed by atoms with Gasteiger partial charge in [0, 0.05) is 18.3 Å². The molecular formula is C16H28N4O. The molecule has 0 radical (unpaired) electrons. The Morgan fingerprint density at radius 1 is 1.48 bits per heavy atom. The highest BCUT2D eigenvalue weighted by molar-refractivity contribution is 5.48. The highest BCUT2D eigenvalue weighted by atomic mass is 16.3. The number of nitrogens with zero attached hydrogens (tertiary/aromatic N) is 2. The summed E-state index contributed by atoms with van der Waals surface area (Å²) < 4.78 is 0. The predicted octanol–water partition coefficient (Wildman–Crippen LogP) is 2.96. The molecule has 1 aliphatic carbocycles. The zero-order valence-corrected chi connectivity index (χ0v) is 13.4. The van der Waals surface area contributed by atoms with Gasteiger partial charge in [-0.25, -0.2) is 4.98 Å². The number of aliphatic hydroxyl groups excluding tert-OH is 1. The van der Waals surface area contributed by atoms with Crippen molar-refractivity contribution in [3.63, 3.8) is 0 Å². The van der Waals surface area contributed by atoms with Crippen molar-refractivity contribution >= 4 is 11.8 Å². The molecule has 1 aliphatic rings. The van der Waals surface area contributed by atoms with Crippen LogP contribution in [0.15, 0.2) is 6.20 Å². The van der Waals surface area contributed by atoms with E-state index in [1.165, 1.54) is 6.42 Å². The van der Waals surface area contributed by atoms with Crippen LogP contribution in [0.1, 0.15) is 51.5 Å². The minimum absolute atomic E-state index is 0.151. The molecule has 3 N–H and O–H groups in total. The van der Waals surface area contributed by atoms with Crippen molar-refractivity contribution in [3.05, 3.63) is 11.8 Å². The number of rotatable bonds is 6. The zero-order chi connectivity index (χ0) is 15.3. The summed E-state index contributed by atoms with van der Waals surface area (Å²) in [6.45, 7) is 7.39. The maximum absolute atomic E-state index is 9.90. The fourth-order valence-electron chi connectivity index (χ4n) is 3.10. The van der Waals surface area contributed by atoms with Gasteiger partial charge in [-0.2, -0.15) is 4.98 Å². The fraction of sp³-hybridized carbons (Fsp3) is 0.750. The molecule has 2 atom stereocenters. The molecule has 0 amide bonds. The second kappa shape index (κ2) is 7.07. The summed E-state index contributed by atoms with van der Waals surface area (Å²) in [4.78, 5) is 8.89. The van der Waals surface area contributed by atoms with Crippen LogP contribution >= 0.6 is 0 Å². The average molecular weight is 292 g/mol. The second-order valence-electron chi connectivity index (χ2n) is 6.42. The van der Waals surface area contributed by atoms with Gasteiger partial charge in [-0.15, -0.1) is 0 Å². The Bertz CT molecular complexity index is 466. The lowest BCUT2D eigenvalue weighted by Gasteiger charge is -2.40. The highest BCUT2D eigenvalue weighted by Gasteiger charge is 2.35. The molecule has 0 saturated heterocycles. The molecule has 1 saturated carbocycles. The van der Waals surface area contributed by atoms with Crippen molar-refractivity contribution in [2.75, 3.05) is 23.8 Å².